The quantitative estimate of drug-likeness (QED) is 0.422. The minimum absolute atomic E-state index is 0.628. The summed E-state index contributed by atoms with van der Waals surface area (Å²) in [6, 6.07) is 10.3. The molecule has 0 saturated carbocycles. The molecule has 4 aliphatic rings. The smallest absolute Gasteiger partial charge is 0.206 e. The number of rotatable bonds is 4. The van der Waals surface area contributed by atoms with Crippen LogP contribution >= 0.6 is 20.5 Å². The van der Waals surface area contributed by atoms with Crippen LogP contribution in [0.15, 0.2) is 62.9 Å². The van der Waals surface area contributed by atoms with Gasteiger partial charge in [0.2, 0.25) is 5.96 Å². The zero-order valence-corrected chi connectivity index (χ0v) is 22.5. The first kappa shape index (κ1) is 24.6. The molecule has 1 atom stereocenters. The molecule has 1 aromatic carbocycles. The van der Waals surface area contributed by atoms with Crippen molar-refractivity contribution < 1.29 is 0 Å². The van der Waals surface area contributed by atoms with Crippen molar-refractivity contribution in [3.05, 3.63) is 69.0 Å². The van der Waals surface area contributed by atoms with Crippen molar-refractivity contribution >= 4 is 26.5 Å². The molecule has 184 valence electrons. The number of benzene rings is 1. The number of thioether (sulfide) groups is 1. The SMILES string of the molecule is C=C1C2=C(CC=C(PN3CCCCCC3)S2)N=C(N2CCCCCC2)N1Cc1ccccc1C#N. The third-order valence-electron chi connectivity index (χ3n) is 7.25. The number of guanidine groups is 1. The Morgan fingerprint density at radius 3 is 2.37 bits per heavy atom. The summed E-state index contributed by atoms with van der Waals surface area (Å²) in [5.41, 5.74) is 3.97. The van der Waals surface area contributed by atoms with Crippen LogP contribution in [0.3, 0.4) is 0 Å². The minimum atomic E-state index is 0.628. The maximum atomic E-state index is 9.71. The van der Waals surface area contributed by atoms with Gasteiger partial charge in [-0.2, -0.15) is 5.26 Å². The van der Waals surface area contributed by atoms with Crippen LogP contribution in [0.1, 0.15) is 68.9 Å². The van der Waals surface area contributed by atoms with Crippen molar-refractivity contribution in [2.24, 2.45) is 4.99 Å². The van der Waals surface area contributed by atoms with Crippen LogP contribution in [0.2, 0.25) is 0 Å². The molecule has 0 bridgehead atoms. The van der Waals surface area contributed by atoms with E-state index in [0.717, 1.165) is 56.7 Å². The van der Waals surface area contributed by atoms with Crippen LogP contribution < -0.4 is 0 Å². The lowest BCUT2D eigenvalue weighted by Gasteiger charge is -2.40. The topological polar surface area (TPSA) is 45.9 Å². The van der Waals surface area contributed by atoms with Gasteiger partial charge in [-0.15, -0.1) is 0 Å². The van der Waals surface area contributed by atoms with Gasteiger partial charge in [0.05, 0.1) is 34.5 Å². The van der Waals surface area contributed by atoms with Gasteiger partial charge >= 0.3 is 0 Å². The zero-order chi connectivity index (χ0) is 24.0. The summed E-state index contributed by atoms with van der Waals surface area (Å²) in [6.45, 7) is 9.76. The number of hydrogen-bond donors (Lipinski definition) is 0. The summed E-state index contributed by atoms with van der Waals surface area (Å²) in [5.74, 6) is 1.02. The zero-order valence-electron chi connectivity index (χ0n) is 20.6. The Morgan fingerprint density at radius 1 is 0.971 bits per heavy atom. The fourth-order valence-corrected chi connectivity index (χ4v) is 8.04. The fourth-order valence-electron chi connectivity index (χ4n) is 5.26. The average Bonchev–Trinajstić information content (AvgIpc) is 3.32. The van der Waals surface area contributed by atoms with Crippen molar-refractivity contribution in [3.63, 3.8) is 0 Å². The van der Waals surface area contributed by atoms with E-state index in [1.54, 1.807) is 0 Å². The third kappa shape index (κ3) is 5.85. The van der Waals surface area contributed by atoms with E-state index in [-0.39, 0.29) is 0 Å². The summed E-state index contributed by atoms with van der Waals surface area (Å²) in [6.07, 6.45) is 13.7. The Bertz CT molecular complexity index is 1070. The summed E-state index contributed by atoms with van der Waals surface area (Å²) < 4.78 is 4.10. The number of likely N-dealkylation sites (tertiary alicyclic amines) is 1. The number of hydrogen-bond acceptors (Lipinski definition) is 6. The molecule has 0 spiro atoms. The van der Waals surface area contributed by atoms with Gasteiger partial charge in [-0.3, -0.25) is 4.67 Å². The van der Waals surface area contributed by atoms with Crippen LogP contribution in [0.4, 0.5) is 0 Å². The van der Waals surface area contributed by atoms with Crippen LogP contribution in [0.5, 0.6) is 0 Å². The van der Waals surface area contributed by atoms with E-state index in [1.165, 1.54) is 74.0 Å². The van der Waals surface area contributed by atoms with E-state index >= 15 is 0 Å². The third-order valence-corrected chi connectivity index (χ3v) is 10.1. The van der Waals surface area contributed by atoms with Crippen LogP contribution in [-0.2, 0) is 6.54 Å². The van der Waals surface area contributed by atoms with Crippen LogP contribution in [-0.4, -0.2) is 46.6 Å². The molecule has 2 fully saturated rings. The molecule has 4 aliphatic heterocycles. The van der Waals surface area contributed by atoms with Crippen molar-refractivity contribution in [2.75, 3.05) is 26.2 Å². The molecule has 0 aromatic heterocycles. The molecular weight excluding hydrogens is 469 g/mol. The van der Waals surface area contributed by atoms with Crippen molar-refractivity contribution in [2.45, 2.75) is 64.3 Å². The van der Waals surface area contributed by atoms with Gasteiger partial charge in [0.15, 0.2) is 0 Å². The molecule has 0 radical (unpaired) electrons. The van der Waals surface area contributed by atoms with Gasteiger partial charge in [0, 0.05) is 37.2 Å². The Hall–Kier alpha value is -2.06. The second-order valence-corrected chi connectivity index (χ2v) is 12.6. The fraction of sp³-hybridized carbons (Fsp3) is 0.500. The molecular formula is C28H36N5PS. The van der Waals surface area contributed by atoms with E-state index < -0.39 is 0 Å². The molecule has 0 amide bonds. The monoisotopic (exact) mass is 505 g/mol. The van der Waals surface area contributed by atoms with Crippen LogP contribution in [0, 0.1) is 11.3 Å². The van der Waals surface area contributed by atoms with Crippen molar-refractivity contribution in [1.82, 2.24) is 14.5 Å². The highest BCUT2D eigenvalue weighted by Crippen LogP contribution is 2.50. The number of allylic oxidation sites excluding steroid dienone is 1. The Labute approximate surface area is 216 Å². The van der Waals surface area contributed by atoms with E-state index in [9.17, 15) is 5.26 Å². The molecule has 7 heteroatoms. The van der Waals surface area contributed by atoms with Gasteiger partial charge < -0.3 is 9.80 Å². The summed E-state index contributed by atoms with van der Waals surface area (Å²) in [4.78, 5) is 11.2. The molecule has 0 N–H and O–H groups in total. The van der Waals surface area contributed by atoms with Crippen molar-refractivity contribution in [3.8, 4) is 6.07 Å². The summed E-state index contributed by atoms with van der Waals surface area (Å²) in [7, 11) is 0.743. The van der Waals surface area contributed by atoms with Gasteiger partial charge in [0.25, 0.3) is 0 Å². The van der Waals surface area contributed by atoms with Gasteiger partial charge in [-0.25, -0.2) is 4.99 Å². The maximum absolute atomic E-state index is 9.71. The highest BCUT2D eigenvalue weighted by atomic mass is 32.2. The Balaban J connectivity index is 1.41. The molecule has 2 saturated heterocycles. The average molecular weight is 506 g/mol. The van der Waals surface area contributed by atoms with Gasteiger partial charge in [-0.05, 0) is 46.0 Å². The normalized spacial score (nSPS) is 22.4. The summed E-state index contributed by atoms with van der Waals surface area (Å²) in [5, 5.41) is 9.71. The molecule has 0 aliphatic carbocycles. The lowest BCUT2D eigenvalue weighted by Crippen LogP contribution is -2.46. The predicted molar refractivity (Wildman–Crippen MR) is 149 cm³/mol. The van der Waals surface area contributed by atoms with Gasteiger partial charge in [-0.1, -0.05) is 68.3 Å². The number of nitrogens with zero attached hydrogens (tertiary/aromatic N) is 5. The minimum Gasteiger partial charge on any atom is -0.342 e. The largest absolute Gasteiger partial charge is 0.342 e. The molecule has 5 rings (SSSR count). The van der Waals surface area contributed by atoms with Crippen LogP contribution in [0.25, 0.3) is 0 Å². The first-order valence-electron chi connectivity index (χ1n) is 13.1. The van der Waals surface area contributed by atoms with Gasteiger partial charge in [0.1, 0.15) is 0 Å². The first-order chi connectivity index (χ1) is 17.2. The molecule has 4 heterocycles. The number of aliphatic imine (C=N–C) groups is 1. The Kier molecular flexibility index (Phi) is 8.29. The molecule has 1 aromatic rings. The van der Waals surface area contributed by atoms with E-state index in [0.29, 0.717) is 6.54 Å². The first-order valence-corrected chi connectivity index (χ1v) is 14.9. The second kappa shape index (κ2) is 11.8. The molecule has 35 heavy (non-hydrogen) atoms. The lowest BCUT2D eigenvalue weighted by atomic mass is 10.1. The van der Waals surface area contributed by atoms with E-state index in [2.05, 4.69) is 39.3 Å². The molecule has 1 unspecified atom stereocenters. The maximum Gasteiger partial charge on any atom is 0.206 e. The highest BCUT2D eigenvalue weighted by molar-refractivity contribution is 8.11. The standard InChI is InChI=1S/C28H36N5PS/c1-22-27-25(14-15-26(35-27)34-32-18-10-4-5-11-19-32)30-28(31-16-8-2-3-9-17-31)33(22)21-24-13-7-6-12-23(24)20-29/h6-7,12-13,15,34H,1-5,8-11,14,16-19,21H2. The van der Waals surface area contributed by atoms with Crippen molar-refractivity contribution in [1.29, 1.82) is 5.26 Å². The highest BCUT2D eigenvalue weighted by Gasteiger charge is 2.32. The van der Waals surface area contributed by atoms with E-state index in [4.69, 9.17) is 4.99 Å². The Morgan fingerprint density at radius 2 is 1.66 bits per heavy atom. The predicted octanol–water partition coefficient (Wildman–Crippen LogP) is 6.78. The second-order valence-electron chi connectivity index (χ2n) is 9.78. The summed E-state index contributed by atoms with van der Waals surface area (Å²) >= 11 is 1.88. The molecule has 5 nitrogen and oxygen atoms in total. The number of nitriles is 1. The van der Waals surface area contributed by atoms with E-state index in [1.807, 2.05) is 30.0 Å². The lowest BCUT2D eigenvalue weighted by molar-refractivity contribution is 0.353.